The number of carbonyl (C=O) groups is 1. The Bertz CT molecular complexity index is 968. The van der Waals surface area contributed by atoms with Crippen LogP contribution in [0.15, 0.2) is 42.0 Å². The van der Waals surface area contributed by atoms with E-state index in [1.165, 1.54) is 31.3 Å². The van der Waals surface area contributed by atoms with Crippen molar-refractivity contribution < 1.29 is 4.79 Å². The van der Waals surface area contributed by atoms with Crippen LogP contribution >= 0.6 is 0 Å². The van der Waals surface area contributed by atoms with Crippen LogP contribution < -0.4 is 5.32 Å². The molecular formula is C21H23N3O. The van der Waals surface area contributed by atoms with Crippen molar-refractivity contribution in [2.45, 2.75) is 39.0 Å². The zero-order valence-electron chi connectivity index (χ0n) is 14.6. The van der Waals surface area contributed by atoms with Crippen LogP contribution in [0.1, 0.15) is 48.3 Å². The molecule has 0 radical (unpaired) electrons. The van der Waals surface area contributed by atoms with Crippen molar-refractivity contribution >= 4 is 27.7 Å². The van der Waals surface area contributed by atoms with Gasteiger partial charge in [-0.05, 0) is 51.2 Å². The van der Waals surface area contributed by atoms with Crippen LogP contribution in [-0.2, 0) is 0 Å². The topological polar surface area (TPSA) is 57.8 Å². The number of H-pyrrole nitrogens is 1. The van der Waals surface area contributed by atoms with Gasteiger partial charge < -0.3 is 10.3 Å². The standard InChI is InChI=1S/C21H23N3O/c1-14-7-8-16-9-10-17-13-18(24-20(17)19(16)23-14)21(25)22-12-11-15-5-3-2-4-6-15/h5,7-10,13,23H,2-4,6,11-12H2,1H3,(H,22,25). The monoisotopic (exact) mass is 333 g/mol. The van der Waals surface area contributed by atoms with E-state index in [-0.39, 0.29) is 5.91 Å². The molecule has 128 valence electrons. The highest BCUT2D eigenvalue weighted by Crippen LogP contribution is 2.24. The molecule has 2 N–H and O–H groups in total. The van der Waals surface area contributed by atoms with E-state index in [4.69, 9.17) is 0 Å². The first kappa shape index (κ1) is 15.9. The average Bonchev–Trinajstić information content (AvgIpc) is 3.07. The summed E-state index contributed by atoms with van der Waals surface area (Å²) in [6.07, 6.45) is 8.21. The number of benzene rings is 1. The molecule has 0 saturated carbocycles. The number of hydrogen-bond acceptors (Lipinski definition) is 2. The summed E-state index contributed by atoms with van der Waals surface area (Å²) in [4.78, 5) is 20.4. The minimum atomic E-state index is -0.0894. The molecule has 1 aliphatic rings. The van der Waals surface area contributed by atoms with Crippen molar-refractivity contribution in [3.05, 3.63) is 53.4 Å². The second kappa shape index (κ2) is 6.71. The molecule has 0 spiro atoms. The fourth-order valence-electron chi connectivity index (χ4n) is 3.56. The molecule has 4 heteroatoms. The third-order valence-corrected chi connectivity index (χ3v) is 4.95. The van der Waals surface area contributed by atoms with Crippen LogP contribution in [0.3, 0.4) is 0 Å². The second-order valence-electron chi connectivity index (χ2n) is 6.86. The van der Waals surface area contributed by atoms with E-state index >= 15 is 0 Å². The number of aromatic amines is 1. The largest absolute Gasteiger partial charge is 0.357 e. The summed E-state index contributed by atoms with van der Waals surface area (Å²) < 4.78 is 0. The van der Waals surface area contributed by atoms with E-state index in [1.807, 2.05) is 25.1 Å². The highest BCUT2D eigenvalue weighted by molar-refractivity contribution is 6.07. The van der Waals surface area contributed by atoms with E-state index < -0.39 is 0 Å². The van der Waals surface area contributed by atoms with Crippen LogP contribution in [0.2, 0.25) is 0 Å². The Labute approximate surface area is 147 Å². The predicted octanol–water partition coefficient (Wildman–Crippen LogP) is 4.64. The molecule has 0 atom stereocenters. The summed E-state index contributed by atoms with van der Waals surface area (Å²) in [5.74, 6) is -0.0894. The molecule has 0 fully saturated rings. The molecule has 0 unspecified atom stereocenters. The third-order valence-electron chi connectivity index (χ3n) is 4.95. The fraction of sp³-hybridized carbons (Fsp3) is 0.333. The van der Waals surface area contributed by atoms with Crippen molar-refractivity contribution in [3.63, 3.8) is 0 Å². The molecule has 0 bridgehead atoms. The molecule has 2 aromatic heterocycles. The second-order valence-corrected chi connectivity index (χ2v) is 6.86. The molecule has 1 aromatic carbocycles. The maximum absolute atomic E-state index is 12.5. The molecule has 4 rings (SSSR count). The van der Waals surface area contributed by atoms with E-state index in [9.17, 15) is 4.79 Å². The maximum Gasteiger partial charge on any atom is 0.269 e. The van der Waals surface area contributed by atoms with Gasteiger partial charge in [0.2, 0.25) is 0 Å². The number of allylic oxidation sites excluding steroid dienone is 1. The Hall–Kier alpha value is -2.62. The Morgan fingerprint density at radius 3 is 2.88 bits per heavy atom. The molecule has 0 aliphatic heterocycles. The molecule has 0 saturated heterocycles. The van der Waals surface area contributed by atoms with Gasteiger partial charge in [-0.15, -0.1) is 0 Å². The Morgan fingerprint density at radius 1 is 1.20 bits per heavy atom. The van der Waals surface area contributed by atoms with E-state index in [1.54, 1.807) is 0 Å². The van der Waals surface area contributed by atoms with Gasteiger partial charge in [-0.3, -0.25) is 4.79 Å². The maximum atomic E-state index is 12.5. The first-order chi connectivity index (χ1) is 12.2. The zero-order valence-corrected chi connectivity index (χ0v) is 14.6. The summed E-state index contributed by atoms with van der Waals surface area (Å²) in [5, 5.41) is 5.11. The summed E-state index contributed by atoms with van der Waals surface area (Å²) in [5.41, 5.74) is 4.90. The van der Waals surface area contributed by atoms with Crippen LogP contribution in [0.4, 0.5) is 0 Å². The van der Waals surface area contributed by atoms with Gasteiger partial charge in [0.05, 0.1) is 11.0 Å². The van der Waals surface area contributed by atoms with Gasteiger partial charge in [0.15, 0.2) is 0 Å². The lowest BCUT2D eigenvalue weighted by atomic mass is 9.97. The Balaban J connectivity index is 1.52. The van der Waals surface area contributed by atoms with Gasteiger partial charge in [0, 0.05) is 23.0 Å². The van der Waals surface area contributed by atoms with Crippen LogP contribution in [0.25, 0.3) is 21.8 Å². The molecule has 1 amide bonds. The number of aryl methyl sites for hydroxylation is 1. The van der Waals surface area contributed by atoms with Gasteiger partial charge in [-0.1, -0.05) is 29.8 Å². The normalized spacial score (nSPS) is 14.7. The SMILES string of the molecule is Cc1ccc2ccc3cc(C(=O)NCCC4=CCCCC4)nc3c2[nH]1. The summed E-state index contributed by atoms with van der Waals surface area (Å²) in [6.45, 7) is 2.70. The first-order valence-corrected chi connectivity index (χ1v) is 9.06. The predicted molar refractivity (Wildman–Crippen MR) is 102 cm³/mol. The number of nitrogens with zero attached hydrogens (tertiary/aromatic N) is 1. The molecule has 2 heterocycles. The minimum Gasteiger partial charge on any atom is -0.357 e. The van der Waals surface area contributed by atoms with Crippen LogP contribution in [-0.4, -0.2) is 22.4 Å². The summed E-state index contributed by atoms with van der Waals surface area (Å²) >= 11 is 0. The Kier molecular flexibility index (Phi) is 4.26. The van der Waals surface area contributed by atoms with Crippen molar-refractivity contribution in [1.29, 1.82) is 0 Å². The van der Waals surface area contributed by atoms with Gasteiger partial charge >= 0.3 is 0 Å². The average molecular weight is 333 g/mol. The molecule has 25 heavy (non-hydrogen) atoms. The lowest BCUT2D eigenvalue weighted by Crippen LogP contribution is -2.25. The number of aromatic nitrogens is 2. The number of nitrogens with one attached hydrogen (secondary N) is 2. The minimum absolute atomic E-state index is 0.0894. The highest BCUT2D eigenvalue weighted by Gasteiger charge is 2.13. The number of carbonyl (C=O) groups excluding carboxylic acids is 1. The summed E-state index contributed by atoms with van der Waals surface area (Å²) in [7, 11) is 0. The first-order valence-electron chi connectivity index (χ1n) is 9.06. The van der Waals surface area contributed by atoms with Gasteiger partial charge in [0.25, 0.3) is 5.91 Å². The molecule has 1 aliphatic carbocycles. The molecule has 4 nitrogen and oxygen atoms in total. The number of pyridine rings is 1. The quantitative estimate of drug-likeness (QED) is 0.683. The Morgan fingerprint density at radius 2 is 2.04 bits per heavy atom. The van der Waals surface area contributed by atoms with Crippen molar-refractivity contribution in [3.8, 4) is 0 Å². The van der Waals surface area contributed by atoms with Gasteiger partial charge in [-0.25, -0.2) is 4.98 Å². The smallest absolute Gasteiger partial charge is 0.269 e. The van der Waals surface area contributed by atoms with Crippen molar-refractivity contribution in [2.24, 2.45) is 0 Å². The number of fused-ring (bicyclic) bond motifs is 3. The lowest BCUT2D eigenvalue weighted by molar-refractivity contribution is 0.0950. The number of amides is 1. The molecule has 3 aromatic rings. The summed E-state index contributed by atoms with van der Waals surface area (Å²) in [6, 6.07) is 10.1. The van der Waals surface area contributed by atoms with Crippen LogP contribution in [0.5, 0.6) is 0 Å². The third kappa shape index (κ3) is 3.29. The number of hydrogen-bond donors (Lipinski definition) is 2. The van der Waals surface area contributed by atoms with Crippen molar-refractivity contribution in [1.82, 2.24) is 15.3 Å². The lowest BCUT2D eigenvalue weighted by Gasteiger charge is -2.12. The van der Waals surface area contributed by atoms with Gasteiger partial charge in [-0.2, -0.15) is 0 Å². The van der Waals surface area contributed by atoms with E-state index in [0.717, 1.165) is 33.9 Å². The van der Waals surface area contributed by atoms with Crippen LogP contribution in [0, 0.1) is 6.92 Å². The van der Waals surface area contributed by atoms with E-state index in [0.29, 0.717) is 12.2 Å². The highest BCUT2D eigenvalue weighted by atomic mass is 16.1. The van der Waals surface area contributed by atoms with Crippen molar-refractivity contribution in [2.75, 3.05) is 6.54 Å². The number of rotatable bonds is 4. The molecular weight excluding hydrogens is 310 g/mol. The zero-order chi connectivity index (χ0) is 17.2. The van der Waals surface area contributed by atoms with E-state index in [2.05, 4.69) is 33.5 Å². The fourth-order valence-corrected chi connectivity index (χ4v) is 3.56. The van der Waals surface area contributed by atoms with Gasteiger partial charge in [0.1, 0.15) is 5.69 Å².